The van der Waals surface area contributed by atoms with E-state index in [1.165, 1.54) is 0 Å². The summed E-state index contributed by atoms with van der Waals surface area (Å²) in [5.41, 5.74) is -0.398. The Bertz CT molecular complexity index is 621. The number of ketones is 1. The van der Waals surface area contributed by atoms with Crippen LogP contribution < -0.4 is 0 Å². The lowest BCUT2D eigenvalue weighted by Crippen LogP contribution is -2.70. The van der Waals surface area contributed by atoms with Crippen LogP contribution in [0, 0.1) is 23.2 Å². The van der Waals surface area contributed by atoms with Crippen molar-refractivity contribution in [3.63, 3.8) is 0 Å². The van der Waals surface area contributed by atoms with E-state index >= 15 is 0 Å². The summed E-state index contributed by atoms with van der Waals surface area (Å²) in [6.07, 6.45) is 4.83. The highest BCUT2D eigenvalue weighted by molar-refractivity contribution is 6.74. The first-order chi connectivity index (χ1) is 10.9. The molecular formula is C19H30O4Si. The van der Waals surface area contributed by atoms with Crippen molar-refractivity contribution in [2.45, 2.75) is 76.7 Å². The van der Waals surface area contributed by atoms with Gasteiger partial charge in [-0.3, -0.25) is 4.79 Å². The van der Waals surface area contributed by atoms with Gasteiger partial charge in [-0.2, -0.15) is 0 Å². The van der Waals surface area contributed by atoms with E-state index in [2.05, 4.69) is 40.8 Å². The van der Waals surface area contributed by atoms with Crippen LogP contribution in [-0.2, 0) is 14.0 Å². The molecule has 0 radical (unpaired) electrons. The molecule has 0 spiro atoms. The van der Waals surface area contributed by atoms with Gasteiger partial charge in [-0.05, 0) is 43.0 Å². The van der Waals surface area contributed by atoms with E-state index < -0.39 is 25.6 Å². The Labute approximate surface area is 145 Å². The molecule has 5 heteroatoms. The van der Waals surface area contributed by atoms with E-state index in [0.717, 1.165) is 12.8 Å². The smallest absolute Gasteiger partial charge is 0.197 e. The molecule has 0 amide bonds. The van der Waals surface area contributed by atoms with Gasteiger partial charge in [0.15, 0.2) is 19.9 Å². The van der Waals surface area contributed by atoms with Crippen LogP contribution in [0.3, 0.4) is 0 Å². The van der Waals surface area contributed by atoms with Gasteiger partial charge >= 0.3 is 0 Å². The minimum absolute atomic E-state index is 0.0519. The topological polar surface area (TPSA) is 55.8 Å². The molecule has 7 atom stereocenters. The Morgan fingerprint density at radius 3 is 2.67 bits per heavy atom. The van der Waals surface area contributed by atoms with Gasteiger partial charge in [0.05, 0.1) is 6.10 Å². The highest BCUT2D eigenvalue weighted by Gasteiger charge is 2.77. The fraction of sp³-hybridized carbons (Fsp3) is 0.842. The van der Waals surface area contributed by atoms with Crippen molar-refractivity contribution in [3.8, 4) is 0 Å². The highest BCUT2D eigenvalue weighted by atomic mass is 28.4. The molecule has 0 aromatic rings. The van der Waals surface area contributed by atoms with Crippen molar-refractivity contribution < 1.29 is 19.1 Å². The summed E-state index contributed by atoms with van der Waals surface area (Å²) >= 11 is 0. The lowest BCUT2D eigenvalue weighted by Gasteiger charge is -2.61. The molecule has 4 nitrogen and oxygen atoms in total. The third-order valence-corrected chi connectivity index (χ3v) is 12.3. The molecule has 1 saturated heterocycles. The maximum atomic E-state index is 12.7. The van der Waals surface area contributed by atoms with E-state index in [1.54, 1.807) is 6.08 Å². The summed E-state index contributed by atoms with van der Waals surface area (Å²) in [4.78, 5) is 12.7. The molecule has 3 saturated carbocycles. The number of hydrogen-bond acceptors (Lipinski definition) is 4. The molecule has 5 aliphatic rings. The molecule has 4 fully saturated rings. The molecule has 1 N–H and O–H groups in total. The van der Waals surface area contributed by atoms with Gasteiger partial charge in [0.1, 0.15) is 6.10 Å². The molecule has 1 heterocycles. The Kier molecular flexibility index (Phi) is 3.26. The average molecular weight is 351 g/mol. The predicted molar refractivity (Wildman–Crippen MR) is 93.9 cm³/mol. The number of hydrogen-bond donors (Lipinski definition) is 1. The predicted octanol–water partition coefficient (Wildman–Crippen LogP) is 3.27. The lowest BCUT2D eigenvalue weighted by molar-refractivity contribution is -0.319. The Morgan fingerprint density at radius 2 is 2.04 bits per heavy atom. The Balaban J connectivity index is 1.79. The second-order valence-corrected chi connectivity index (χ2v) is 14.8. The van der Waals surface area contributed by atoms with Gasteiger partial charge in [0, 0.05) is 17.3 Å². The Hall–Kier alpha value is -0.493. The number of carbonyl (C=O) groups is 1. The second-order valence-electron chi connectivity index (χ2n) is 10.0. The van der Waals surface area contributed by atoms with Crippen molar-refractivity contribution in [1.29, 1.82) is 0 Å². The molecule has 4 bridgehead atoms. The minimum atomic E-state index is -2.09. The quantitative estimate of drug-likeness (QED) is 0.777. The summed E-state index contributed by atoms with van der Waals surface area (Å²) in [5, 5.41) is 11.7. The molecule has 4 aliphatic carbocycles. The van der Waals surface area contributed by atoms with Crippen LogP contribution in [0.1, 0.15) is 40.5 Å². The van der Waals surface area contributed by atoms with E-state index in [4.69, 9.17) is 9.16 Å². The maximum Gasteiger partial charge on any atom is 0.197 e. The zero-order valence-electron chi connectivity index (χ0n) is 15.6. The monoisotopic (exact) mass is 350 g/mol. The summed E-state index contributed by atoms with van der Waals surface area (Å²) in [6.45, 7) is 13.1. The third-order valence-electron chi connectivity index (χ3n) is 7.85. The van der Waals surface area contributed by atoms with Gasteiger partial charge in [0.2, 0.25) is 0 Å². The van der Waals surface area contributed by atoms with E-state index in [9.17, 15) is 9.90 Å². The molecule has 134 valence electrons. The number of aliphatic hydroxyl groups is 1. The summed E-state index contributed by atoms with van der Waals surface area (Å²) in [7, 11) is -2.09. The van der Waals surface area contributed by atoms with Crippen molar-refractivity contribution in [2.75, 3.05) is 0 Å². The summed E-state index contributed by atoms with van der Waals surface area (Å²) in [5.74, 6) is -0.969. The number of rotatable bonds is 2. The molecule has 24 heavy (non-hydrogen) atoms. The normalized spacial score (nSPS) is 49.8. The molecule has 0 aromatic carbocycles. The largest absolute Gasteiger partial charge is 0.408 e. The van der Waals surface area contributed by atoms with Crippen LogP contribution in [0.4, 0.5) is 0 Å². The van der Waals surface area contributed by atoms with Crippen molar-refractivity contribution in [1.82, 2.24) is 0 Å². The second kappa shape index (κ2) is 4.61. The lowest BCUT2D eigenvalue weighted by atomic mass is 9.46. The van der Waals surface area contributed by atoms with Crippen LogP contribution >= 0.6 is 0 Å². The first kappa shape index (κ1) is 16.9. The standard InChI is InChI=1S/C19H30O4Si/c1-17(2,3)24(5,6)23-16-11-9-10-18(4)15-13(22-19(16,18)21)8-7-12(20)14(11)15/h7-8,11,13-16,21H,9-10H2,1-6H3/t11-,13-,14+,15-,16?,18+,19?/m1/s1. The molecule has 2 unspecified atom stereocenters. The first-order valence-corrected chi connectivity index (χ1v) is 12.1. The molecule has 0 aromatic heterocycles. The summed E-state index contributed by atoms with van der Waals surface area (Å²) in [6, 6.07) is 0. The van der Waals surface area contributed by atoms with Crippen LogP contribution in [0.15, 0.2) is 12.2 Å². The molecule has 5 rings (SSSR count). The third kappa shape index (κ3) is 1.82. The SMILES string of the molecule is CC(C)(C)[Si](C)(C)OC1[C@@H]2CC[C@@]3(C)[C@H]4[C@@H]2C(=O)C=C[C@H]4OC13O. The fourth-order valence-corrected chi connectivity index (χ4v) is 6.73. The average Bonchev–Trinajstić information content (AvgIpc) is 2.65. The van der Waals surface area contributed by atoms with Crippen molar-refractivity contribution in [2.24, 2.45) is 23.2 Å². The van der Waals surface area contributed by atoms with E-state index in [0.29, 0.717) is 0 Å². The number of ether oxygens (including phenoxy) is 1. The van der Waals surface area contributed by atoms with Gasteiger partial charge in [-0.25, -0.2) is 0 Å². The van der Waals surface area contributed by atoms with Crippen molar-refractivity contribution >= 4 is 14.1 Å². The molecular weight excluding hydrogens is 320 g/mol. The van der Waals surface area contributed by atoms with Gasteiger partial charge in [0.25, 0.3) is 0 Å². The van der Waals surface area contributed by atoms with Crippen LogP contribution in [0.2, 0.25) is 18.1 Å². The highest BCUT2D eigenvalue weighted by Crippen LogP contribution is 2.69. The van der Waals surface area contributed by atoms with Crippen molar-refractivity contribution in [3.05, 3.63) is 12.2 Å². The number of carbonyl (C=O) groups excluding carboxylic acids is 1. The fourth-order valence-electron chi connectivity index (χ4n) is 5.41. The van der Waals surface area contributed by atoms with Crippen LogP contribution in [0.5, 0.6) is 0 Å². The van der Waals surface area contributed by atoms with Crippen LogP contribution in [0.25, 0.3) is 0 Å². The zero-order chi connectivity index (χ0) is 17.7. The van der Waals surface area contributed by atoms with Gasteiger partial charge in [-0.15, -0.1) is 0 Å². The zero-order valence-corrected chi connectivity index (χ0v) is 16.6. The Morgan fingerprint density at radius 1 is 1.38 bits per heavy atom. The van der Waals surface area contributed by atoms with Crippen LogP contribution in [-0.4, -0.2) is 37.2 Å². The summed E-state index contributed by atoms with van der Waals surface area (Å²) < 4.78 is 12.9. The van der Waals surface area contributed by atoms with E-state index in [1.807, 2.05) is 6.08 Å². The maximum absolute atomic E-state index is 12.7. The number of fused-ring (bicyclic) bond motifs is 1. The van der Waals surface area contributed by atoms with Gasteiger partial charge < -0.3 is 14.3 Å². The minimum Gasteiger partial charge on any atom is -0.408 e. The van der Waals surface area contributed by atoms with Gasteiger partial charge in [-0.1, -0.05) is 33.8 Å². The van der Waals surface area contributed by atoms with E-state index in [-0.39, 0.29) is 34.7 Å². The molecule has 1 aliphatic heterocycles. The first-order valence-electron chi connectivity index (χ1n) is 9.22. The number of allylic oxidation sites excluding steroid dienone is 1.